The zero-order valence-corrected chi connectivity index (χ0v) is 19.8. The van der Waals surface area contributed by atoms with Gasteiger partial charge in [0.2, 0.25) is 0 Å². The van der Waals surface area contributed by atoms with Crippen molar-refractivity contribution in [1.29, 1.82) is 0 Å². The summed E-state index contributed by atoms with van der Waals surface area (Å²) in [5.74, 6) is -0.993. The molecule has 0 bridgehead atoms. The van der Waals surface area contributed by atoms with Gasteiger partial charge in [-0.3, -0.25) is 0 Å². The first-order valence-electron chi connectivity index (χ1n) is 9.44. The number of esters is 2. The molecule has 2 unspecified atom stereocenters. The molecule has 0 fully saturated rings. The minimum atomic E-state index is -1.35. The van der Waals surface area contributed by atoms with Crippen LogP contribution in [-0.2, 0) is 23.5 Å². The van der Waals surface area contributed by atoms with Gasteiger partial charge < -0.3 is 13.9 Å². The Balaban J connectivity index is 0. The SMILES string of the molecule is C=CC(=O)OCC(COC(=O)C(=C)C)O[SiH](C)CCC.CCC[SiH](C)C. The standard InChI is InChI=1S/C14H24O5Si.C5H14Si/c1-6-8-20(5)19-12(9-17-13(15)7-2)10-18-14(16)11(3)4;1-4-5-6(2)3/h7,12,20H,2-3,6,8-10H2,1,4-5H3;6H,4-5H2,1-3H3. The van der Waals surface area contributed by atoms with Crippen LogP contribution < -0.4 is 0 Å². The highest BCUT2D eigenvalue weighted by Gasteiger charge is 2.18. The Labute approximate surface area is 163 Å². The molecule has 0 radical (unpaired) electrons. The van der Waals surface area contributed by atoms with Crippen LogP contribution in [0.3, 0.4) is 0 Å². The third kappa shape index (κ3) is 17.6. The van der Waals surface area contributed by atoms with E-state index in [0.717, 1.165) is 18.5 Å². The molecule has 0 aromatic rings. The van der Waals surface area contributed by atoms with E-state index in [1.54, 1.807) is 6.92 Å². The molecule has 0 aliphatic carbocycles. The summed E-state index contributed by atoms with van der Waals surface area (Å²) < 4.78 is 15.8. The van der Waals surface area contributed by atoms with Crippen molar-refractivity contribution in [2.45, 2.75) is 71.4 Å². The predicted octanol–water partition coefficient (Wildman–Crippen LogP) is 3.87. The Morgan fingerprint density at radius 1 is 1.04 bits per heavy atom. The first kappa shape index (κ1) is 27.0. The molecule has 0 aliphatic heterocycles. The van der Waals surface area contributed by atoms with Gasteiger partial charge in [0.05, 0.1) is 0 Å². The van der Waals surface area contributed by atoms with E-state index in [0.29, 0.717) is 5.57 Å². The van der Waals surface area contributed by atoms with Crippen LogP contribution in [0, 0.1) is 0 Å². The van der Waals surface area contributed by atoms with Crippen molar-refractivity contribution in [2.24, 2.45) is 0 Å². The van der Waals surface area contributed by atoms with E-state index in [4.69, 9.17) is 13.9 Å². The van der Waals surface area contributed by atoms with Gasteiger partial charge in [0.15, 0.2) is 9.04 Å². The Bertz CT molecular complexity index is 424. The Morgan fingerprint density at radius 3 is 1.96 bits per heavy atom. The largest absolute Gasteiger partial charge is 0.460 e. The van der Waals surface area contributed by atoms with Gasteiger partial charge in [-0.05, 0) is 19.5 Å². The summed E-state index contributed by atoms with van der Waals surface area (Å²) in [7, 11) is -1.52. The van der Waals surface area contributed by atoms with Gasteiger partial charge in [-0.2, -0.15) is 0 Å². The van der Waals surface area contributed by atoms with E-state index in [-0.39, 0.29) is 22.0 Å². The molecule has 0 saturated heterocycles. The third-order valence-electron chi connectivity index (χ3n) is 3.31. The fourth-order valence-corrected chi connectivity index (χ4v) is 4.95. The monoisotopic (exact) mass is 402 g/mol. The van der Waals surface area contributed by atoms with Crippen LogP contribution >= 0.6 is 0 Å². The Kier molecular flexibility index (Phi) is 17.9. The van der Waals surface area contributed by atoms with Crippen LogP contribution in [0.25, 0.3) is 0 Å². The van der Waals surface area contributed by atoms with E-state index >= 15 is 0 Å². The van der Waals surface area contributed by atoms with E-state index in [1.807, 2.05) is 0 Å². The maximum absolute atomic E-state index is 11.4. The fourth-order valence-electron chi connectivity index (χ4n) is 2.03. The van der Waals surface area contributed by atoms with Crippen molar-refractivity contribution >= 4 is 29.8 Å². The molecule has 0 heterocycles. The summed E-state index contributed by atoms with van der Waals surface area (Å²) in [5, 5.41) is 0. The zero-order chi connectivity index (χ0) is 20.5. The second-order valence-corrected chi connectivity index (χ2v) is 12.6. The highest BCUT2D eigenvalue weighted by molar-refractivity contribution is 6.55. The summed E-state index contributed by atoms with van der Waals surface area (Å²) in [5.41, 5.74) is 0.325. The van der Waals surface area contributed by atoms with Gasteiger partial charge in [0.1, 0.15) is 19.3 Å². The molecule has 5 nitrogen and oxygen atoms in total. The lowest BCUT2D eigenvalue weighted by Gasteiger charge is -2.21. The van der Waals surface area contributed by atoms with Crippen LogP contribution in [0.15, 0.2) is 24.8 Å². The maximum Gasteiger partial charge on any atom is 0.333 e. The number of carbonyl (C=O) groups excluding carboxylic acids is 2. The van der Waals surface area contributed by atoms with Crippen LogP contribution in [-0.4, -0.2) is 49.1 Å². The van der Waals surface area contributed by atoms with Crippen LogP contribution in [0.5, 0.6) is 0 Å². The lowest BCUT2D eigenvalue weighted by atomic mass is 10.3. The third-order valence-corrected chi connectivity index (χ3v) is 7.28. The molecule has 0 N–H and O–H groups in total. The van der Waals surface area contributed by atoms with E-state index in [2.05, 4.69) is 46.6 Å². The molecular weight excluding hydrogens is 364 g/mol. The first-order chi connectivity index (χ1) is 12.2. The van der Waals surface area contributed by atoms with Gasteiger partial charge in [-0.1, -0.05) is 59.0 Å². The van der Waals surface area contributed by atoms with Crippen LogP contribution in [0.1, 0.15) is 33.6 Å². The molecule has 152 valence electrons. The van der Waals surface area contributed by atoms with Crippen molar-refractivity contribution < 1.29 is 23.5 Å². The van der Waals surface area contributed by atoms with Crippen molar-refractivity contribution in [3.63, 3.8) is 0 Å². The van der Waals surface area contributed by atoms with Gasteiger partial charge in [-0.15, -0.1) is 0 Å². The van der Waals surface area contributed by atoms with Gasteiger partial charge in [-0.25, -0.2) is 9.59 Å². The summed E-state index contributed by atoms with van der Waals surface area (Å²) in [4.78, 5) is 22.4. The molecule has 0 spiro atoms. The van der Waals surface area contributed by atoms with Gasteiger partial charge in [0.25, 0.3) is 0 Å². The van der Waals surface area contributed by atoms with Gasteiger partial charge in [0, 0.05) is 20.4 Å². The number of hydrogen-bond donors (Lipinski definition) is 0. The Morgan fingerprint density at radius 2 is 1.58 bits per heavy atom. The molecule has 0 aromatic carbocycles. The molecule has 0 saturated carbocycles. The maximum atomic E-state index is 11.4. The topological polar surface area (TPSA) is 61.8 Å². The molecule has 26 heavy (non-hydrogen) atoms. The lowest BCUT2D eigenvalue weighted by Crippen LogP contribution is -2.33. The summed E-state index contributed by atoms with van der Waals surface area (Å²) in [6.45, 7) is 19.7. The van der Waals surface area contributed by atoms with E-state index < -0.39 is 27.1 Å². The second-order valence-electron chi connectivity index (χ2n) is 6.75. The first-order valence-corrected chi connectivity index (χ1v) is 15.0. The van der Waals surface area contributed by atoms with Crippen LogP contribution in [0.2, 0.25) is 31.7 Å². The number of hydrogen-bond acceptors (Lipinski definition) is 5. The highest BCUT2D eigenvalue weighted by atomic mass is 28.3. The summed E-state index contributed by atoms with van der Waals surface area (Å²) >= 11 is 0. The van der Waals surface area contributed by atoms with Gasteiger partial charge >= 0.3 is 11.9 Å². The molecule has 7 heteroatoms. The van der Waals surface area contributed by atoms with Crippen molar-refractivity contribution in [3.05, 3.63) is 24.8 Å². The number of carbonyl (C=O) groups is 2. The number of ether oxygens (including phenoxy) is 2. The number of rotatable bonds is 12. The average molecular weight is 403 g/mol. The zero-order valence-electron chi connectivity index (χ0n) is 17.5. The minimum absolute atomic E-state index is 0.0510. The van der Waals surface area contributed by atoms with Crippen molar-refractivity contribution in [1.82, 2.24) is 0 Å². The lowest BCUT2D eigenvalue weighted by molar-refractivity contribution is -0.146. The average Bonchev–Trinajstić information content (AvgIpc) is 2.57. The molecule has 0 aromatic heterocycles. The molecule has 0 aliphatic rings. The molecule has 0 amide bonds. The quantitative estimate of drug-likeness (QED) is 0.282. The highest BCUT2D eigenvalue weighted by Crippen LogP contribution is 2.06. The van der Waals surface area contributed by atoms with Crippen molar-refractivity contribution in [3.8, 4) is 0 Å². The smallest absolute Gasteiger partial charge is 0.333 e. The van der Waals surface area contributed by atoms with E-state index in [9.17, 15) is 9.59 Å². The summed E-state index contributed by atoms with van der Waals surface area (Å²) in [6, 6.07) is 2.53. The summed E-state index contributed by atoms with van der Waals surface area (Å²) in [6.07, 6.45) is 3.08. The minimum Gasteiger partial charge on any atom is -0.460 e. The van der Waals surface area contributed by atoms with E-state index in [1.165, 1.54) is 12.5 Å². The van der Waals surface area contributed by atoms with Crippen molar-refractivity contribution in [2.75, 3.05) is 13.2 Å². The molecular formula is C19H38O5Si2. The second kappa shape index (κ2) is 17.2. The molecule has 2 atom stereocenters. The predicted molar refractivity (Wildman–Crippen MR) is 114 cm³/mol. The Hall–Kier alpha value is -1.19. The van der Waals surface area contributed by atoms with Crippen LogP contribution in [0.4, 0.5) is 0 Å². The normalized spacial score (nSPS) is 12.4. The fraction of sp³-hybridized carbons (Fsp3) is 0.684. The molecule has 0 rings (SSSR count).